The van der Waals surface area contributed by atoms with Crippen LogP contribution in [-0.4, -0.2) is 129 Å². The van der Waals surface area contributed by atoms with Crippen LogP contribution >= 0.6 is 0 Å². The van der Waals surface area contributed by atoms with Gasteiger partial charge in [-0.25, -0.2) is 0 Å². The summed E-state index contributed by atoms with van der Waals surface area (Å²) in [5, 5.41) is 0. The summed E-state index contributed by atoms with van der Waals surface area (Å²) in [6, 6.07) is 0. The van der Waals surface area contributed by atoms with Crippen molar-refractivity contribution in [2.75, 3.05) is 0 Å². The molecule has 0 aliphatic heterocycles. The molecular formula is C4H24Ca2Hf2O9Si2. The van der Waals surface area contributed by atoms with E-state index in [0.29, 0.717) is 0 Å². The predicted octanol–water partition coefficient (Wildman–Crippen LogP) is -6.05. The maximum atomic E-state index is 11.0. The van der Waals surface area contributed by atoms with Gasteiger partial charge in [0.05, 0.1) is 0 Å². The summed E-state index contributed by atoms with van der Waals surface area (Å²) in [7, 11) is -5.05. The first-order chi connectivity index (χ1) is 3.25. The van der Waals surface area contributed by atoms with Gasteiger partial charge >= 0.3 is 75.5 Å². The van der Waals surface area contributed by atoms with Crippen molar-refractivity contribution in [2.45, 2.75) is 26.2 Å². The molecule has 0 amide bonds. The third kappa shape index (κ3) is 51.9. The fourth-order valence-corrected chi connectivity index (χ4v) is 0. The fourth-order valence-electron chi connectivity index (χ4n) is 0. The SMILES string of the molecule is C[Si](C)([O-])[Si](C)(C)[O-].O.O.O.O.O.[Ca+2].[Ca+2].[Hf].[Hf].[OH-].[OH-]. The fraction of sp³-hybridized carbons (Fsp3) is 1.00. The molecule has 0 rings (SSSR count). The number of rotatable bonds is 1. The van der Waals surface area contributed by atoms with E-state index in [2.05, 4.69) is 0 Å². The van der Waals surface area contributed by atoms with Crippen LogP contribution in [0.25, 0.3) is 0 Å². The summed E-state index contributed by atoms with van der Waals surface area (Å²) in [5.74, 6) is 0. The van der Waals surface area contributed by atoms with Crippen molar-refractivity contribution in [1.29, 1.82) is 0 Å². The van der Waals surface area contributed by atoms with Crippen molar-refractivity contribution >= 4 is 91.1 Å². The van der Waals surface area contributed by atoms with E-state index in [4.69, 9.17) is 0 Å². The van der Waals surface area contributed by atoms with E-state index < -0.39 is 15.7 Å². The molecule has 0 radical (unpaired) electrons. The minimum absolute atomic E-state index is 0. The van der Waals surface area contributed by atoms with Gasteiger partial charge in [-0.2, -0.15) is 0 Å². The molecule has 19 heavy (non-hydrogen) atoms. The molecule has 0 heterocycles. The van der Waals surface area contributed by atoms with Crippen molar-refractivity contribution in [3.63, 3.8) is 0 Å². The van der Waals surface area contributed by atoms with Crippen LogP contribution in [0.3, 0.4) is 0 Å². The largest absolute Gasteiger partial charge is 2.00 e. The molecule has 0 aromatic rings. The molecule has 114 valence electrons. The van der Waals surface area contributed by atoms with Crippen LogP contribution in [0.1, 0.15) is 0 Å². The van der Waals surface area contributed by atoms with E-state index >= 15 is 0 Å². The molecule has 0 saturated carbocycles. The minimum Gasteiger partial charge on any atom is -0.870 e. The van der Waals surface area contributed by atoms with Crippen molar-refractivity contribution in [2.24, 2.45) is 0 Å². The van der Waals surface area contributed by atoms with Crippen LogP contribution in [0.2, 0.25) is 26.2 Å². The smallest absolute Gasteiger partial charge is 0.870 e. The summed E-state index contributed by atoms with van der Waals surface area (Å²) >= 11 is 0. The summed E-state index contributed by atoms with van der Waals surface area (Å²) in [5.41, 5.74) is 0. The Balaban J connectivity index is -0.00000000445. The van der Waals surface area contributed by atoms with Gasteiger partial charge in [-0.1, -0.05) is 41.9 Å². The van der Waals surface area contributed by atoms with Crippen LogP contribution in [-0.2, 0) is 51.7 Å². The van der Waals surface area contributed by atoms with Gasteiger partial charge in [-0.3, -0.25) is 0 Å². The normalized spacial score (nSPS) is 6.00. The molecule has 0 spiro atoms. The molecule has 0 atom stereocenters. The number of hydrogen-bond acceptors (Lipinski definition) is 4. The van der Waals surface area contributed by atoms with E-state index in [1.807, 2.05) is 0 Å². The van der Waals surface area contributed by atoms with Gasteiger partial charge in [0, 0.05) is 51.7 Å². The average molecular weight is 710 g/mol. The molecule has 0 fully saturated rings. The topological polar surface area (TPSA) is 264 Å². The van der Waals surface area contributed by atoms with Crippen LogP contribution < -0.4 is 9.59 Å². The van der Waals surface area contributed by atoms with Gasteiger partial charge < -0.3 is 47.9 Å². The molecule has 0 unspecified atom stereocenters. The first kappa shape index (κ1) is 90.6. The van der Waals surface area contributed by atoms with E-state index in [1.54, 1.807) is 26.2 Å². The second-order valence-corrected chi connectivity index (χ2v) is 16.3. The van der Waals surface area contributed by atoms with Gasteiger partial charge in [0.2, 0.25) is 0 Å². The molecule has 9 nitrogen and oxygen atoms in total. The van der Waals surface area contributed by atoms with Crippen molar-refractivity contribution in [3.05, 3.63) is 0 Å². The Hall–Kier alpha value is 4.33. The van der Waals surface area contributed by atoms with Gasteiger partial charge in [-0.05, 0) is 0 Å². The van der Waals surface area contributed by atoms with E-state index in [0.717, 1.165) is 0 Å². The van der Waals surface area contributed by atoms with Crippen molar-refractivity contribution in [1.82, 2.24) is 0 Å². The van der Waals surface area contributed by atoms with Crippen molar-refractivity contribution < 1.29 is 99.6 Å². The van der Waals surface area contributed by atoms with E-state index in [9.17, 15) is 9.59 Å². The molecule has 0 aliphatic carbocycles. The minimum atomic E-state index is -2.53. The van der Waals surface area contributed by atoms with Crippen LogP contribution in [0.5, 0.6) is 0 Å². The summed E-state index contributed by atoms with van der Waals surface area (Å²) in [6.45, 7) is 6.41. The first-order valence-corrected chi connectivity index (χ1v) is 9.47. The van der Waals surface area contributed by atoms with Crippen LogP contribution in [0.15, 0.2) is 0 Å². The second-order valence-electron chi connectivity index (χ2n) is 3.02. The standard InChI is InChI=1S/C4H12O2Si2.2Ca.2Hf.7H2O/c1-7(2,5)8(3,4)6;;;;;;;;;;;/h1-4H3;;;;;7*1H2/q-2;2*+2;;;;;;;;;/p-2. The van der Waals surface area contributed by atoms with Gasteiger partial charge in [0.25, 0.3) is 0 Å². The van der Waals surface area contributed by atoms with Gasteiger partial charge in [-0.15, -0.1) is 0 Å². The molecule has 15 heteroatoms. The van der Waals surface area contributed by atoms with Gasteiger partial charge in [0.15, 0.2) is 0 Å². The average Bonchev–Trinajstić information content (AvgIpc) is 1.25. The summed E-state index contributed by atoms with van der Waals surface area (Å²) < 4.78 is 0. The maximum Gasteiger partial charge on any atom is 2.00 e. The van der Waals surface area contributed by atoms with Crippen LogP contribution in [0.4, 0.5) is 0 Å². The Bertz CT molecular complexity index is 93.2. The zero-order valence-electron chi connectivity index (χ0n) is 11.6. The molecule has 12 N–H and O–H groups in total. The quantitative estimate of drug-likeness (QED) is 0.241. The van der Waals surface area contributed by atoms with Gasteiger partial charge in [0.1, 0.15) is 0 Å². The first-order valence-electron chi connectivity index (χ1n) is 2.66. The Morgan fingerprint density at radius 1 is 0.526 bits per heavy atom. The molecule has 0 aromatic carbocycles. The maximum absolute atomic E-state index is 11.0. The predicted molar refractivity (Wildman–Crippen MR) is 68.4 cm³/mol. The summed E-state index contributed by atoms with van der Waals surface area (Å²) in [4.78, 5) is 22.0. The van der Waals surface area contributed by atoms with Crippen LogP contribution in [0, 0.1) is 0 Å². The molecule has 0 aromatic heterocycles. The molecular weight excluding hydrogens is 685 g/mol. The molecule has 0 aliphatic rings. The summed E-state index contributed by atoms with van der Waals surface area (Å²) in [6.07, 6.45) is 0. The Morgan fingerprint density at radius 2 is 0.579 bits per heavy atom. The third-order valence-corrected chi connectivity index (χ3v) is 13.0. The second kappa shape index (κ2) is 38.1. The van der Waals surface area contributed by atoms with E-state index in [1.165, 1.54) is 0 Å². The molecule has 0 bridgehead atoms. The molecule has 0 saturated heterocycles. The van der Waals surface area contributed by atoms with Crippen molar-refractivity contribution in [3.8, 4) is 0 Å². The van der Waals surface area contributed by atoms with E-state index in [-0.39, 0.29) is 165 Å². The third-order valence-electron chi connectivity index (χ3n) is 1.45. The zero-order valence-corrected chi connectivity index (χ0v) is 25.2. The zero-order chi connectivity index (χ0) is 7.00. The Kier molecular flexibility index (Phi) is 182. The Morgan fingerprint density at radius 3 is 0.579 bits per heavy atom. The monoisotopic (exact) mass is 712 g/mol. The Labute approximate surface area is 213 Å². The number of hydrogen-bond donors (Lipinski definition) is 0.